The first kappa shape index (κ1) is 25.2. The number of para-hydroxylation sites is 1. The van der Waals surface area contributed by atoms with Crippen molar-refractivity contribution in [2.75, 3.05) is 17.6 Å². The van der Waals surface area contributed by atoms with Crippen LogP contribution < -0.4 is 10.0 Å². The maximum absolute atomic E-state index is 13.5. The van der Waals surface area contributed by atoms with Crippen molar-refractivity contribution in [3.63, 3.8) is 0 Å². The third-order valence-electron chi connectivity index (χ3n) is 3.36. The molecular formula is C15H17F2N6O7PS. The van der Waals surface area contributed by atoms with Crippen LogP contribution in [0.25, 0.3) is 5.78 Å². The third-order valence-corrected chi connectivity index (χ3v) is 5.12. The number of nitrogens with zero attached hydrogens (tertiary/aromatic N) is 4. The molecule has 0 amide bonds. The summed E-state index contributed by atoms with van der Waals surface area (Å²) in [5, 5.41) is 13.2. The van der Waals surface area contributed by atoms with Crippen LogP contribution in [0.1, 0.15) is 5.69 Å². The fourth-order valence-corrected chi connectivity index (χ4v) is 3.40. The number of aromatic nitrogens is 4. The number of aliphatic carboxylic acids is 1. The normalized spacial score (nSPS) is 11.7. The highest BCUT2D eigenvalue weighted by atomic mass is 32.2. The molecule has 0 bridgehead atoms. The molecule has 0 aliphatic rings. The van der Waals surface area contributed by atoms with E-state index in [1.165, 1.54) is 6.20 Å². The number of sulfonamides is 1. The molecule has 3 rings (SSSR count). The van der Waals surface area contributed by atoms with Crippen molar-refractivity contribution in [2.24, 2.45) is 0 Å². The van der Waals surface area contributed by atoms with Gasteiger partial charge in [0, 0.05) is 11.9 Å². The molecule has 2 aromatic heterocycles. The maximum atomic E-state index is 13.5. The van der Waals surface area contributed by atoms with Crippen LogP contribution in [0.4, 0.5) is 14.5 Å². The highest BCUT2D eigenvalue weighted by Crippen LogP contribution is 2.31. The number of carbonyl (C=O) groups is 1. The molecular weight excluding hydrogens is 477 g/mol. The van der Waals surface area contributed by atoms with Crippen molar-refractivity contribution in [3.05, 3.63) is 47.8 Å². The summed E-state index contributed by atoms with van der Waals surface area (Å²) in [6.45, 7) is 1.26. The molecule has 2 heterocycles. The van der Waals surface area contributed by atoms with Crippen molar-refractivity contribution >= 4 is 35.1 Å². The van der Waals surface area contributed by atoms with Crippen LogP contribution >= 0.6 is 7.60 Å². The summed E-state index contributed by atoms with van der Waals surface area (Å²) in [6.07, 6.45) is 0.882. The van der Waals surface area contributed by atoms with Gasteiger partial charge in [-0.25, -0.2) is 18.3 Å². The van der Waals surface area contributed by atoms with Crippen molar-refractivity contribution in [1.29, 1.82) is 0 Å². The standard InChI is InChI=1S/C12H9F2N5O2S.C3H8NO5P/c1-7-5-6-19-11(15-7)16-12(17-19)22(20,21)18-10-8(13)3-2-4-9(10)14;5-3(6)1-4-2-10(7,8)9/h2-6,18H,1H3;4H,1-2H2,(H,5,6)(H2,7,8,9). The van der Waals surface area contributed by atoms with Crippen molar-refractivity contribution < 1.29 is 41.5 Å². The molecule has 0 saturated carbocycles. The zero-order chi connectivity index (χ0) is 24.1. The number of nitrogens with one attached hydrogen (secondary N) is 2. The molecule has 1 aromatic carbocycles. The van der Waals surface area contributed by atoms with E-state index in [1.54, 1.807) is 17.7 Å². The Morgan fingerprint density at radius 3 is 2.38 bits per heavy atom. The lowest BCUT2D eigenvalue weighted by Crippen LogP contribution is -2.23. The molecule has 13 nitrogen and oxygen atoms in total. The Balaban J connectivity index is 0.000000309. The summed E-state index contributed by atoms with van der Waals surface area (Å²) in [7, 11) is -8.44. The number of hydrogen-bond donors (Lipinski definition) is 5. The van der Waals surface area contributed by atoms with E-state index in [-0.39, 0.29) is 5.78 Å². The molecule has 0 saturated heterocycles. The van der Waals surface area contributed by atoms with Gasteiger partial charge in [-0.3, -0.25) is 19.4 Å². The van der Waals surface area contributed by atoms with Crippen molar-refractivity contribution in [3.8, 4) is 0 Å². The average Bonchev–Trinajstić information content (AvgIpc) is 3.08. The summed E-state index contributed by atoms with van der Waals surface area (Å²) in [5.74, 6) is -3.16. The van der Waals surface area contributed by atoms with Gasteiger partial charge in [-0.15, -0.1) is 5.10 Å². The van der Waals surface area contributed by atoms with E-state index in [9.17, 15) is 26.6 Å². The molecule has 0 aliphatic heterocycles. The van der Waals surface area contributed by atoms with Crippen LogP contribution in [0.2, 0.25) is 0 Å². The smallest absolute Gasteiger partial charge is 0.339 e. The molecule has 174 valence electrons. The Morgan fingerprint density at radius 2 is 1.81 bits per heavy atom. The number of carboxylic acid groups (broad SMARTS) is 1. The Hall–Kier alpha value is -3.04. The molecule has 32 heavy (non-hydrogen) atoms. The number of rotatable bonds is 7. The third kappa shape index (κ3) is 7.28. The topological polar surface area (TPSA) is 196 Å². The van der Waals surface area contributed by atoms with Crippen LogP contribution in [0, 0.1) is 18.6 Å². The molecule has 0 radical (unpaired) electrons. The molecule has 0 atom stereocenters. The molecule has 0 fully saturated rings. The van der Waals surface area contributed by atoms with Gasteiger partial charge in [-0.1, -0.05) is 6.07 Å². The second-order valence-electron chi connectivity index (χ2n) is 6.05. The number of aryl methyl sites for hydroxylation is 1. The van der Waals surface area contributed by atoms with Gasteiger partial charge in [0.2, 0.25) is 0 Å². The fourth-order valence-electron chi connectivity index (χ4n) is 2.04. The van der Waals surface area contributed by atoms with Gasteiger partial charge in [0.1, 0.15) is 17.3 Å². The maximum Gasteiger partial charge on any atom is 0.339 e. The number of hydrogen-bond acceptors (Lipinski definition) is 8. The van der Waals surface area contributed by atoms with E-state index in [4.69, 9.17) is 14.9 Å². The predicted octanol–water partition coefficient (Wildman–Crippen LogP) is 0.308. The fraction of sp³-hybridized carbons (Fsp3) is 0.200. The zero-order valence-electron chi connectivity index (χ0n) is 16.2. The first-order chi connectivity index (χ1) is 14.8. The Labute approximate surface area is 179 Å². The number of benzene rings is 1. The second-order valence-corrected chi connectivity index (χ2v) is 9.28. The number of anilines is 1. The monoisotopic (exact) mass is 494 g/mol. The Kier molecular flexibility index (Phi) is 7.92. The van der Waals surface area contributed by atoms with Crippen LogP contribution in [0.15, 0.2) is 35.6 Å². The van der Waals surface area contributed by atoms with Gasteiger partial charge >= 0.3 is 13.6 Å². The number of fused-ring (bicyclic) bond motifs is 1. The van der Waals surface area contributed by atoms with E-state index in [0.29, 0.717) is 5.69 Å². The summed E-state index contributed by atoms with van der Waals surface area (Å²) in [4.78, 5) is 33.9. The molecule has 17 heteroatoms. The van der Waals surface area contributed by atoms with Gasteiger partial charge in [0.05, 0.1) is 12.8 Å². The lowest BCUT2D eigenvalue weighted by Gasteiger charge is -2.06. The predicted molar refractivity (Wildman–Crippen MR) is 105 cm³/mol. The van der Waals surface area contributed by atoms with Gasteiger partial charge < -0.3 is 14.9 Å². The molecule has 0 unspecified atom stereocenters. The number of carboxylic acids is 1. The molecule has 0 aliphatic carbocycles. The lowest BCUT2D eigenvalue weighted by molar-refractivity contribution is -0.135. The van der Waals surface area contributed by atoms with Gasteiger partial charge in [-0.05, 0) is 25.1 Å². The second kappa shape index (κ2) is 10.1. The van der Waals surface area contributed by atoms with Crippen molar-refractivity contribution in [1.82, 2.24) is 24.9 Å². The van der Waals surface area contributed by atoms with E-state index in [0.717, 1.165) is 22.7 Å². The average molecular weight is 494 g/mol. The Morgan fingerprint density at radius 1 is 1.19 bits per heavy atom. The minimum absolute atomic E-state index is 0.0642. The summed E-state index contributed by atoms with van der Waals surface area (Å²) >= 11 is 0. The summed E-state index contributed by atoms with van der Waals surface area (Å²) in [6, 6.07) is 4.60. The van der Waals surface area contributed by atoms with Crippen LogP contribution in [-0.2, 0) is 19.4 Å². The Bertz CT molecular complexity index is 1260. The molecule has 3 aromatic rings. The number of halogens is 2. The van der Waals surface area contributed by atoms with E-state index < -0.39 is 58.9 Å². The van der Waals surface area contributed by atoms with Crippen LogP contribution in [-0.4, -0.2) is 61.7 Å². The quantitative estimate of drug-likeness (QED) is 0.283. The minimum atomic E-state index is -4.35. The highest BCUT2D eigenvalue weighted by molar-refractivity contribution is 7.92. The highest BCUT2D eigenvalue weighted by Gasteiger charge is 2.24. The summed E-state index contributed by atoms with van der Waals surface area (Å²) < 4.78 is 64.4. The van der Waals surface area contributed by atoms with Gasteiger partial charge in [-0.2, -0.15) is 13.4 Å². The minimum Gasteiger partial charge on any atom is -0.480 e. The van der Waals surface area contributed by atoms with Gasteiger partial charge in [0.25, 0.3) is 21.0 Å². The summed E-state index contributed by atoms with van der Waals surface area (Å²) in [5.41, 5.74) is -0.164. The van der Waals surface area contributed by atoms with E-state index in [2.05, 4.69) is 20.4 Å². The van der Waals surface area contributed by atoms with Crippen molar-refractivity contribution in [2.45, 2.75) is 12.1 Å². The molecule has 0 spiro atoms. The van der Waals surface area contributed by atoms with Gasteiger partial charge in [0.15, 0.2) is 0 Å². The van der Waals surface area contributed by atoms with E-state index >= 15 is 0 Å². The largest absolute Gasteiger partial charge is 0.480 e. The first-order valence-electron chi connectivity index (χ1n) is 8.42. The van der Waals surface area contributed by atoms with E-state index in [1.807, 2.05) is 0 Å². The SMILES string of the molecule is Cc1ccn2nc(S(=O)(=O)Nc3c(F)cccc3F)nc2n1.O=C(O)CNCP(=O)(O)O. The zero-order valence-corrected chi connectivity index (χ0v) is 17.9. The lowest BCUT2D eigenvalue weighted by atomic mass is 10.3. The van der Waals surface area contributed by atoms with Crippen LogP contribution in [0.3, 0.4) is 0 Å². The molecule has 5 N–H and O–H groups in total. The first-order valence-corrected chi connectivity index (χ1v) is 11.7. The van der Waals surface area contributed by atoms with Crippen LogP contribution in [0.5, 0.6) is 0 Å².